The van der Waals surface area contributed by atoms with Gasteiger partial charge in [0.2, 0.25) is 5.91 Å². The molecule has 0 saturated carbocycles. The smallest absolute Gasteiger partial charge is 0.236 e. The molecule has 0 saturated heterocycles. The topological polar surface area (TPSA) is 77.2 Å². The van der Waals surface area contributed by atoms with Gasteiger partial charge in [-0.05, 0) is 5.92 Å². The van der Waals surface area contributed by atoms with Gasteiger partial charge in [0, 0.05) is 0 Å². The van der Waals surface area contributed by atoms with Crippen LogP contribution in [0.1, 0.15) is 13.8 Å². The van der Waals surface area contributed by atoms with Gasteiger partial charge >= 0.3 is 0 Å². The van der Waals surface area contributed by atoms with Crippen LogP contribution >= 0.6 is 0 Å². The molecule has 0 bridgehead atoms. The van der Waals surface area contributed by atoms with Gasteiger partial charge in [0.05, 0.1) is 5.75 Å². The Morgan fingerprint density at radius 1 is 1.54 bits per heavy atom. The van der Waals surface area contributed by atoms with Gasteiger partial charge < -0.3 is 5.73 Å². The minimum atomic E-state index is -3.46. The molecule has 0 radical (unpaired) electrons. The number of primary amides is 1. The van der Waals surface area contributed by atoms with Crippen molar-refractivity contribution in [3.63, 3.8) is 0 Å². The lowest BCUT2D eigenvalue weighted by Crippen LogP contribution is -2.40. The summed E-state index contributed by atoms with van der Waals surface area (Å²) in [6.07, 6.45) is 1.26. The van der Waals surface area contributed by atoms with Gasteiger partial charge in [0.15, 0.2) is 9.84 Å². The zero-order chi connectivity index (χ0) is 10.6. The van der Waals surface area contributed by atoms with Gasteiger partial charge in [-0.3, -0.25) is 4.79 Å². The fourth-order valence-electron chi connectivity index (χ4n) is 1.19. The molecule has 0 fully saturated rings. The van der Waals surface area contributed by atoms with E-state index in [0.717, 1.165) is 0 Å². The second kappa shape index (κ2) is 4.41. The van der Waals surface area contributed by atoms with E-state index in [1.807, 2.05) is 0 Å². The molecule has 0 spiro atoms. The van der Waals surface area contributed by atoms with Crippen LogP contribution in [0.4, 0.5) is 0 Å². The first kappa shape index (κ1) is 12.2. The molecule has 0 aromatic carbocycles. The minimum Gasteiger partial charge on any atom is -0.369 e. The van der Waals surface area contributed by atoms with Crippen molar-refractivity contribution >= 4 is 15.7 Å². The molecule has 0 aliphatic carbocycles. The van der Waals surface area contributed by atoms with Crippen molar-refractivity contribution in [2.45, 2.75) is 19.1 Å². The number of sulfone groups is 1. The van der Waals surface area contributed by atoms with Crippen LogP contribution in [0.5, 0.6) is 0 Å². The number of hydrogen-bond donors (Lipinski definition) is 1. The molecule has 2 N–H and O–H groups in total. The first-order valence-corrected chi connectivity index (χ1v) is 5.66. The second-order valence-corrected chi connectivity index (χ2v) is 5.35. The third-order valence-corrected chi connectivity index (χ3v) is 3.87. The van der Waals surface area contributed by atoms with E-state index >= 15 is 0 Å². The molecule has 76 valence electrons. The standard InChI is InChI=1S/C8H15NO3S/c1-4-5-13(11,12)7(6(2)3)8(9)10/h4,6-7H,1,5H2,2-3H3,(H2,9,10). The van der Waals surface area contributed by atoms with Gasteiger partial charge in [0.1, 0.15) is 5.25 Å². The van der Waals surface area contributed by atoms with E-state index in [2.05, 4.69) is 6.58 Å². The molecule has 5 heteroatoms. The zero-order valence-corrected chi connectivity index (χ0v) is 8.67. The molecule has 0 aliphatic rings. The molecule has 4 nitrogen and oxygen atoms in total. The predicted molar refractivity (Wildman–Crippen MR) is 51.8 cm³/mol. The Morgan fingerprint density at radius 2 is 2.00 bits per heavy atom. The lowest BCUT2D eigenvalue weighted by Gasteiger charge is -2.16. The Labute approximate surface area is 78.7 Å². The van der Waals surface area contributed by atoms with Crippen molar-refractivity contribution in [2.24, 2.45) is 11.7 Å². The number of carbonyl (C=O) groups excluding carboxylic acids is 1. The summed E-state index contributed by atoms with van der Waals surface area (Å²) in [5.41, 5.74) is 5.00. The minimum absolute atomic E-state index is 0.210. The molecule has 1 unspecified atom stereocenters. The van der Waals surface area contributed by atoms with Crippen LogP contribution in [0.2, 0.25) is 0 Å². The first-order chi connectivity index (χ1) is 5.83. The lowest BCUT2D eigenvalue weighted by molar-refractivity contribution is -0.118. The van der Waals surface area contributed by atoms with Crippen LogP contribution in [0.25, 0.3) is 0 Å². The van der Waals surface area contributed by atoms with Crippen LogP contribution in [0.3, 0.4) is 0 Å². The third-order valence-electron chi connectivity index (χ3n) is 1.62. The van der Waals surface area contributed by atoms with Crippen LogP contribution in [0.15, 0.2) is 12.7 Å². The fraction of sp³-hybridized carbons (Fsp3) is 0.625. The zero-order valence-electron chi connectivity index (χ0n) is 7.86. The Morgan fingerprint density at radius 3 is 2.23 bits per heavy atom. The van der Waals surface area contributed by atoms with E-state index in [-0.39, 0.29) is 11.7 Å². The van der Waals surface area contributed by atoms with Crippen LogP contribution in [-0.4, -0.2) is 25.3 Å². The molecule has 0 rings (SSSR count). The summed E-state index contributed by atoms with van der Waals surface area (Å²) in [6, 6.07) is 0. The van der Waals surface area contributed by atoms with Crippen LogP contribution < -0.4 is 5.73 Å². The number of amides is 1. The van der Waals surface area contributed by atoms with Gasteiger partial charge in [0.25, 0.3) is 0 Å². The first-order valence-electron chi connectivity index (χ1n) is 3.94. The largest absolute Gasteiger partial charge is 0.369 e. The molecule has 0 aliphatic heterocycles. The van der Waals surface area contributed by atoms with Crippen molar-refractivity contribution in [1.82, 2.24) is 0 Å². The Hall–Kier alpha value is -0.840. The monoisotopic (exact) mass is 205 g/mol. The lowest BCUT2D eigenvalue weighted by atomic mass is 10.1. The van der Waals surface area contributed by atoms with E-state index in [1.54, 1.807) is 13.8 Å². The highest BCUT2D eigenvalue weighted by Crippen LogP contribution is 2.12. The maximum Gasteiger partial charge on any atom is 0.236 e. The quantitative estimate of drug-likeness (QED) is 0.646. The number of nitrogens with two attached hydrogens (primary N) is 1. The van der Waals surface area contributed by atoms with Crippen LogP contribution in [0, 0.1) is 5.92 Å². The molecule has 0 aromatic rings. The van der Waals surface area contributed by atoms with Gasteiger partial charge in [-0.15, -0.1) is 6.58 Å². The molecule has 1 amide bonds. The highest BCUT2D eigenvalue weighted by atomic mass is 32.2. The van der Waals surface area contributed by atoms with E-state index in [0.29, 0.717) is 0 Å². The van der Waals surface area contributed by atoms with Crippen molar-refractivity contribution in [3.05, 3.63) is 12.7 Å². The highest BCUT2D eigenvalue weighted by molar-refractivity contribution is 7.92. The molecule has 0 heterocycles. The summed E-state index contributed by atoms with van der Waals surface area (Å²) in [4.78, 5) is 10.9. The van der Waals surface area contributed by atoms with Crippen molar-refractivity contribution in [3.8, 4) is 0 Å². The molecule has 1 atom stereocenters. The molecular weight excluding hydrogens is 190 g/mol. The number of hydrogen-bond acceptors (Lipinski definition) is 3. The van der Waals surface area contributed by atoms with Crippen molar-refractivity contribution < 1.29 is 13.2 Å². The second-order valence-electron chi connectivity index (χ2n) is 3.19. The summed E-state index contributed by atoms with van der Waals surface area (Å²) < 4.78 is 22.9. The third kappa shape index (κ3) is 3.18. The maximum absolute atomic E-state index is 11.4. The van der Waals surface area contributed by atoms with Crippen molar-refractivity contribution in [1.29, 1.82) is 0 Å². The Bertz CT molecular complexity index is 293. The Kier molecular flexibility index (Phi) is 4.13. The molecular formula is C8H15NO3S. The molecule has 0 aromatic heterocycles. The van der Waals surface area contributed by atoms with E-state index in [4.69, 9.17) is 5.73 Å². The van der Waals surface area contributed by atoms with E-state index < -0.39 is 21.0 Å². The summed E-state index contributed by atoms with van der Waals surface area (Å²) in [5.74, 6) is -1.31. The number of carbonyl (C=O) groups is 1. The average molecular weight is 205 g/mol. The van der Waals surface area contributed by atoms with Gasteiger partial charge in [-0.1, -0.05) is 19.9 Å². The van der Waals surface area contributed by atoms with Crippen LogP contribution in [-0.2, 0) is 14.6 Å². The van der Waals surface area contributed by atoms with Gasteiger partial charge in [-0.25, -0.2) is 8.42 Å². The summed E-state index contributed by atoms with van der Waals surface area (Å²) in [7, 11) is -3.46. The highest BCUT2D eigenvalue weighted by Gasteiger charge is 2.32. The SMILES string of the molecule is C=CCS(=O)(=O)C(C(N)=O)C(C)C. The van der Waals surface area contributed by atoms with Crippen molar-refractivity contribution in [2.75, 3.05) is 5.75 Å². The van der Waals surface area contributed by atoms with E-state index in [1.165, 1.54) is 6.08 Å². The Balaban J connectivity index is 4.95. The fourth-order valence-corrected chi connectivity index (χ4v) is 2.91. The predicted octanol–water partition coefficient (Wildman–Crippen LogP) is 0.0971. The number of rotatable bonds is 5. The normalized spacial score (nSPS) is 14.1. The summed E-state index contributed by atoms with van der Waals surface area (Å²) >= 11 is 0. The van der Waals surface area contributed by atoms with E-state index in [9.17, 15) is 13.2 Å². The van der Waals surface area contributed by atoms with Gasteiger partial charge in [-0.2, -0.15) is 0 Å². The summed E-state index contributed by atoms with van der Waals surface area (Å²) in [5, 5.41) is -1.11. The maximum atomic E-state index is 11.4. The average Bonchev–Trinajstić information content (AvgIpc) is 1.82. The molecule has 13 heavy (non-hydrogen) atoms. The summed E-state index contributed by atoms with van der Waals surface area (Å²) in [6.45, 7) is 6.61.